The van der Waals surface area contributed by atoms with Crippen molar-refractivity contribution in [2.45, 2.75) is 37.3 Å². The molecule has 1 aromatic rings. The number of carbonyl (C=O) groups excluding carboxylic acids is 1. The molecule has 1 aliphatic carbocycles. The van der Waals surface area contributed by atoms with E-state index in [4.69, 9.17) is 9.47 Å². The fourth-order valence-electron chi connectivity index (χ4n) is 6.58. The van der Waals surface area contributed by atoms with E-state index in [9.17, 15) is 10.0 Å². The fraction of sp³-hybridized carbons (Fsp3) is 0.571. The Morgan fingerprint density at radius 2 is 2.11 bits per heavy atom. The van der Waals surface area contributed by atoms with Gasteiger partial charge in [-0.05, 0) is 18.6 Å². The zero-order valence-electron chi connectivity index (χ0n) is 16.0. The van der Waals surface area contributed by atoms with Crippen molar-refractivity contribution in [3.63, 3.8) is 0 Å². The Morgan fingerprint density at radius 3 is 2.85 bits per heavy atom. The zero-order valence-corrected chi connectivity index (χ0v) is 16.0. The highest BCUT2D eigenvalue weighted by Crippen LogP contribution is 2.64. The molecule has 1 aromatic carbocycles. The van der Waals surface area contributed by atoms with Gasteiger partial charge >= 0.3 is 5.97 Å². The van der Waals surface area contributed by atoms with E-state index in [1.165, 1.54) is 7.11 Å². The largest absolute Gasteiger partial charge is 0.633 e. The number of methoxy groups -OCH3 is 2. The molecule has 0 saturated carbocycles. The Hall–Kier alpha value is -1.89. The van der Waals surface area contributed by atoms with Crippen LogP contribution in [0.5, 0.6) is 0 Å². The van der Waals surface area contributed by atoms with Gasteiger partial charge in [0.1, 0.15) is 6.04 Å². The van der Waals surface area contributed by atoms with E-state index in [0.29, 0.717) is 19.5 Å². The Labute approximate surface area is 159 Å². The maximum absolute atomic E-state index is 13.9. The molecular formula is C21H26N2O4. The smallest absolute Gasteiger partial charge is 0.335 e. The van der Waals surface area contributed by atoms with E-state index in [0.717, 1.165) is 28.9 Å². The number of nitrogens with one attached hydrogen (secondary N) is 1. The third-order valence-corrected chi connectivity index (χ3v) is 7.62. The van der Waals surface area contributed by atoms with Gasteiger partial charge in [0.2, 0.25) is 0 Å². The van der Waals surface area contributed by atoms with Crippen LogP contribution in [0.2, 0.25) is 0 Å². The average Bonchev–Trinajstić information content (AvgIpc) is 3.20. The van der Waals surface area contributed by atoms with E-state index in [-0.39, 0.29) is 34.6 Å². The van der Waals surface area contributed by atoms with Gasteiger partial charge in [0.15, 0.2) is 0 Å². The summed E-state index contributed by atoms with van der Waals surface area (Å²) >= 11 is 0. The fourth-order valence-corrected chi connectivity index (χ4v) is 6.58. The number of quaternary nitrogens is 1. The van der Waals surface area contributed by atoms with Gasteiger partial charge in [-0.15, -0.1) is 0 Å². The number of fused-ring (bicyclic) bond motifs is 2. The molecule has 27 heavy (non-hydrogen) atoms. The van der Waals surface area contributed by atoms with Crippen LogP contribution in [-0.2, 0) is 19.7 Å². The molecule has 0 amide bonds. The van der Waals surface area contributed by atoms with E-state index in [2.05, 4.69) is 11.4 Å². The van der Waals surface area contributed by atoms with Crippen molar-refractivity contribution in [3.05, 3.63) is 46.3 Å². The van der Waals surface area contributed by atoms with Crippen LogP contribution in [0.4, 0.5) is 5.69 Å². The first kappa shape index (κ1) is 17.2. The predicted molar refractivity (Wildman–Crippen MR) is 101 cm³/mol. The van der Waals surface area contributed by atoms with E-state index < -0.39 is 5.41 Å². The highest BCUT2D eigenvalue weighted by Gasteiger charge is 2.70. The monoisotopic (exact) mass is 370 g/mol. The summed E-state index contributed by atoms with van der Waals surface area (Å²) in [4.78, 5) is 12.9. The molecule has 1 N–H and O–H groups in total. The van der Waals surface area contributed by atoms with E-state index >= 15 is 0 Å². The van der Waals surface area contributed by atoms with Crippen molar-refractivity contribution in [2.75, 3.05) is 32.6 Å². The topological polar surface area (TPSA) is 70.6 Å². The summed E-state index contributed by atoms with van der Waals surface area (Å²) in [5.74, 6) is -0.297. The SMILES string of the molecule is COC(=O)C1=C2Nc3ccccc3[C@]23CC[N+]2([O-])CC[C@H]1[C@H]([C@H](C)OC)[C@H]32. The molecule has 3 heterocycles. The van der Waals surface area contributed by atoms with E-state index in [1.54, 1.807) is 7.11 Å². The number of hydroxylamine groups is 3. The van der Waals surface area contributed by atoms with Crippen LogP contribution in [-0.4, -0.2) is 50.1 Å². The molecule has 144 valence electrons. The lowest BCUT2D eigenvalue weighted by Crippen LogP contribution is -2.66. The van der Waals surface area contributed by atoms with Gasteiger partial charge in [-0.1, -0.05) is 18.2 Å². The molecule has 2 bridgehead atoms. The predicted octanol–water partition coefficient (Wildman–Crippen LogP) is 2.55. The summed E-state index contributed by atoms with van der Waals surface area (Å²) in [7, 11) is 3.14. The molecule has 6 nitrogen and oxygen atoms in total. The lowest BCUT2D eigenvalue weighted by atomic mass is 9.56. The number of benzene rings is 1. The molecule has 4 aliphatic rings. The lowest BCUT2D eigenvalue weighted by Gasteiger charge is -2.59. The molecule has 3 aliphatic heterocycles. The number of hydrogen-bond donors (Lipinski definition) is 1. The van der Waals surface area contributed by atoms with Crippen molar-refractivity contribution in [1.82, 2.24) is 0 Å². The normalized spacial score (nSPS) is 39.5. The number of anilines is 1. The van der Waals surface area contributed by atoms with Crippen LogP contribution >= 0.6 is 0 Å². The Kier molecular flexibility index (Phi) is 3.55. The van der Waals surface area contributed by atoms with Crippen molar-refractivity contribution in [2.24, 2.45) is 11.8 Å². The molecule has 5 rings (SSSR count). The van der Waals surface area contributed by atoms with Crippen molar-refractivity contribution in [1.29, 1.82) is 0 Å². The highest BCUT2D eigenvalue weighted by atomic mass is 16.6. The third-order valence-electron chi connectivity index (χ3n) is 7.62. The number of carbonyl (C=O) groups is 1. The minimum absolute atomic E-state index is 0.00504. The molecule has 2 saturated heterocycles. The van der Waals surface area contributed by atoms with Crippen LogP contribution < -0.4 is 5.32 Å². The summed E-state index contributed by atoms with van der Waals surface area (Å²) in [6, 6.07) is 8.04. The maximum Gasteiger partial charge on any atom is 0.335 e. The van der Waals surface area contributed by atoms with Crippen LogP contribution in [0, 0.1) is 17.0 Å². The summed E-state index contributed by atoms with van der Waals surface area (Å²) < 4.78 is 10.8. The molecule has 2 fully saturated rings. The summed E-state index contributed by atoms with van der Waals surface area (Å²) in [5, 5.41) is 17.4. The van der Waals surface area contributed by atoms with Gasteiger partial charge in [-0.3, -0.25) is 0 Å². The second-order valence-corrected chi connectivity index (χ2v) is 8.43. The second-order valence-electron chi connectivity index (χ2n) is 8.43. The summed E-state index contributed by atoms with van der Waals surface area (Å²) in [6.45, 7) is 3.17. The number of rotatable bonds is 3. The Balaban J connectivity index is 1.84. The molecule has 1 spiro atoms. The Morgan fingerprint density at radius 1 is 1.33 bits per heavy atom. The number of esters is 1. The second kappa shape index (κ2) is 5.56. The number of nitrogens with zero attached hydrogens (tertiary/aromatic N) is 1. The maximum atomic E-state index is 13.9. The summed E-state index contributed by atoms with van der Waals surface area (Å²) in [5.41, 5.74) is 3.36. The van der Waals surface area contributed by atoms with Crippen LogP contribution in [0.1, 0.15) is 25.3 Å². The minimum atomic E-state index is -0.448. The van der Waals surface area contributed by atoms with E-state index in [1.807, 2.05) is 25.1 Å². The standard InChI is InChI=1S/C21H26N2O4/c1-12(26-2)16-13-8-10-23(25)11-9-21(19(16)23)14-6-4-5-7-15(14)22-18(21)17(13)20(24)27-3/h4-7,12-13,16,19,22H,8-11H2,1-3H3/t12-,13-,16-,19+,21+,23?/m0/s1. The number of piperidine rings is 1. The van der Waals surface area contributed by atoms with Crippen LogP contribution in [0.25, 0.3) is 0 Å². The molecule has 0 radical (unpaired) electrons. The van der Waals surface area contributed by atoms with Gasteiger partial charge in [-0.2, -0.15) is 0 Å². The van der Waals surface area contributed by atoms with Crippen molar-refractivity contribution < 1.29 is 18.9 Å². The van der Waals surface area contributed by atoms with Gasteiger partial charge in [0, 0.05) is 43.2 Å². The number of ether oxygens (including phenoxy) is 2. The number of para-hydroxylation sites is 1. The first-order valence-electron chi connectivity index (χ1n) is 9.78. The third kappa shape index (κ3) is 1.93. The van der Waals surface area contributed by atoms with Gasteiger partial charge in [0.05, 0.1) is 37.3 Å². The van der Waals surface area contributed by atoms with Crippen LogP contribution in [0.3, 0.4) is 0 Å². The molecule has 0 aromatic heterocycles. The lowest BCUT2D eigenvalue weighted by molar-refractivity contribution is -0.906. The van der Waals surface area contributed by atoms with Crippen molar-refractivity contribution >= 4 is 11.7 Å². The first-order valence-corrected chi connectivity index (χ1v) is 9.78. The highest BCUT2D eigenvalue weighted by molar-refractivity contribution is 5.93. The first-order chi connectivity index (χ1) is 13.0. The molecule has 6 atom stereocenters. The van der Waals surface area contributed by atoms with Gasteiger partial charge < -0.3 is 24.6 Å². The van der Waals surface area contributed by atoms with Crippen molar-refractivity contribution in [3.8, 4) is 0 Å². The minimum Gasteiger partial charge on any atom is -0.633 e. The molecule has 6 heteroatoms. The summed E-state index contributed by atoms with van der Waals surface area (Å²) in [6.07, 6.45) is 1.34. The van der Waals surface area contributed by atoms with Gasteiger partial charge in [-0.25, -0.2) is 4.79 Å². The molecular weight excluding hydrogens is 344 g/mol. The quantitative estimate of drug-likeness (QED) is 0.503. The van der Waals surface area contributed by atoms with Crippen LogP contribution in [0.15, 0.2) is 35.5 Å². The zero-order chi connectivity index (χ0) is 19.0. The molecule has 1 unspecified atom stereocenters. The number of hydrogen-bond acceptors (Lipinski definition) is 5. The average molecular weight is 370 g/mol. The Bertz CT molecular complexity index is 852. The van der Waals surface area contributed by atoms with Gasteiger partial charge in [0.25, 0.3) is 0 Å².